The van der Waals surface area contributed by atoms with E-state index in [1.807, 2.05) is 6.92 Å². The third kappa shape index (κ3) is 3.63. The molecule has 1 aromatic rings. The standard InChI is InChI=1S/C12H16ClF2NO/c1-2-3-4-10(17)12(16)11-8(14)5-7(13)6-9(11)15/h5-6,10,12,17H,2-4,16H2,1H3/t10-,12-/m1/s1. The molecule has 0 fully saturated rings. The Bertz CT molecular complexity index is 364. The zero-order valence-electron chi connectivity index (χ0n) is 9.59. The summed E-state index contributed by atoms with van der Waals surface area (Å²) in [6.07, 6.45) is 1.10. The Kier molecular flexibility index (Phi) is 5.31. The summed E-state index contributed by atoms with van der Waals surface area (Å²) in [5.41, 5.74) is 5.35. The topological polar surface area (TPSA) is 46.2 Å². The van der Waals surface area contributed by atoms with Gasteiger partial charge in [-0.25, -0.2) is 8.78 Å². The van der Waals surface area contributed by atoms with Crippen LogP contribution in [0, 0.1) is 11.6 Å². The normalized spacial score (nSPS) is 14.7. The molecule has 0 radical (unpaired) electrons. The Morgan fingerprint density at radius 3 is 2.35 bits per heavy atom. The van der Waals surface area contributed by atoms with Crippen molar-refractivity contribution in [2.45, 2.75) is 38.3 Å². The number of halogens is 3. The van der Waals surface area contributed by atoms with Crippen LogP contribution in [0.3, 0.4) is 0 Å². The highest BCUT2D eigenvalue weighted by molar-refractivity contribution is 6.30. The quantitative estimate of drug-likeness (QED) is 0.857. The number of hydrogen-bond acceptors (Lipinski definition) is 2. The molecule has 17 heavy (non-hydrogen) atoms. The van der Waals surface area contributed by atoms with Gasteiger partial charge in [-0.3, -0.25) is 0 Å². The van der Waals surface area contributed by atoms with Crippen molar-refractivity contribution in [1.29, 1.82) is 0 Å². The Hall–Kier alpha value is -0.710. The minimum absolute atomic E-state index is 0.0287. The molecule has 0 bridgehead atoms. The molecule has 3 N–H and O–H groups in total. The summed E-state index contributed by atoms with van der Waals surface area (Å²) in [5, 5.41) is 9.70. The van der Waals surface area contributed by atoms with E-state index in [1.54, 1.807) is 0 Å². The van der Waals surface area contributed by atoms with Crippen molar-refractivity contribution in [3.8, 4) is 0 Å². The van der Waals surface area contributed by atoms with Gasteiger partial charge < -0.3 is 10.8 Å². The van der Waals surface area contributed by atoms with Crippen molar-refractivity contribution in [3.05, 3.63) is 34.4 Å². The molecule has 0 amide bonds. The number of hydrogen-bond donors (Lipinski definition) is 2. The first-order valence-corrected chi connectivity index (χ1v) is 5.93. The lowest BCUT2D eigenvalue weighted by molar-refractivity contribution is 0.129. The smallest absolute Gasteiger partial charge is 0.132 e. The first-order valence-electron chi connectivity index (χ1n) is 5.55. The molecule has 96 valence electrons. The largest absolute Gasteiger partial charge is 0.391 e. The van der Waals surface area contributed by atoms with Crippen LogP contribution in [-0.2, 0) is 0 Å². The van der Waals surface area contributed by atoms with E-state index < -0.39 is 23.8 Å². The number of unbranched alkanes of at least 4 members (excludes halogenated alkanes) is 1. The molecule has 0 aromatic heterocycles. The molecular weight excluding hydrogens is 248 g/mol. The van der Waals surface area contributed by atoms with Gasteiger partial charge >= 0.3 is 0 Å². The summed E-state index contributed by atoms with van der Waals surface area (Å²) in [4.78, 5) is 0. The maximum absolute atomic E-state index is 13.5. The van der Waals surface area contributed by atoms with Crippen molar-refractivity contribution in [2.24, 2.45) is 5.73 Å². The predicted octanol–water partition coefficient (Wildman–Crippen LogP) is 3.17. The fourth-order valence-corrected chi connectivity index (χ4v) is 1.85. The average molecular weight is 264 g/mol. The maximum Gasteiger partial charge on any atom is 0.132 e. The molecule has 5 heteroatoms. The Morgan fingerprint density at radius 1 is 1.35 bits per heavy atom. The third-order valence-electron chi connectivity index (χ3n) is 2.65. The fourth-order valence-electron chi connectivity index (χ4n) is 1.66. The molecule has 2 atom stereocenters. The van der Waals surface area contributed by atoms with E-state index in [-0.39, 0.29) is 10.6 Å². The van der Waals surface area contributed by atoms with Crippen molar-refractivity contribution in [3.63, 3.8) is 0 Å². The van der Waals surface area contributed by atoms with E-state index in [1.165, 1.54) is 0 Å². The molecule has 0 aliphatic rings. The average Bonchev–Trinajstić information content (AvgIpc) is 2.24. The fraction of sp³-hybridized carbons (Fsp3) is 0.500. The first-order chi connectivity index (χ1) is 7.97. The number of rotatable bonds is 5. The Labute approximate surface area is 104 Å². The highest BCUT2D eigenvalue weighted by Crippen LogP contribution is 2.26. The van der Waals surface area contributed by atoms with Crippen LogP contribution in [0.1, 0.15) is 37.8 Å². The first kappa shape index (κ1) is 14.4. The van der Waals surface area contributed by atoms with Gasteiger partial charge in [0.25, 0.3) is 0 Å². The van der Waals surface area contributed by atoms with E-state index >= 15 is 0 Å². The molecule has 0 aliphatic carbocycles. The van der Waals surface area contributed by atoms with Crippen LogP contribution < -0.4 is 5.73 Å². The zero-order valence-corrected chi connectivity index (χ0v) is 10.3. The van der Waals surface area contributed by atoms with Gasteiger partial charge in [-0.1, -0.05) is 31.4 Å². The van der Waals surface area contributed by atoms with Crippen LogP contribution in [-0.4, -0.2) is 11.2 Å². The SMILES string of the molecule is CCCC[C@@H](O)[C@@H](N)c1c(F)cc(Cl)cc1F. The molecule has 0 spiro atoms. The summed E-state index contributed by atoms with van der Waals surface area (Å²) in [6.45, 7) is 1.96. The minimum atomic E-state index is -1.07. The van der Waals surface area contributed by atoms with Gasteiger partial charge in [0.2, 0.25) is 0 Å². The molecule has 2 nitrogen and oxygen atoms in total. The van der Waals surface area contributed by atoms with Gasteiger partial charge in [0, 0.05) is 10.6 Å². The second-order valence-electron chi connectivity index (χ2n) is 4.02. The van der Waals surface area contributed by atoms with Crippen molar-refractivity contribution < 1.29 is 13.9 Å². The van der Waals surface area contributed by atoms with Crippen LogP contribution >= 0.6 is 11.6 Å². The van der Waals surface area contributed by atoms with Gasteiger partial charge in [0.15, 0.2) is 0 Å². The van der Waals surface area contributed by atoms with Gasteiger partial charge in [0.05, 0.1) is 12.1 Å². The highest BCUT2D eigenvalue weighted by atomic mass is 35.5. The summed E-state index contributed by atoms with van der Waals surface area (Å²) in [6, 6.07) is 0.914. The summed E-state index contributed by atoms with van der Waals surface area (Å²) in [7, 11) is 0. The molecule has 1 rings (SSSR count). The van der Waals surface area contributed by atoms with E-state index in [2.05, 4.69) is 0 Å². The van der Waals surface area contributed by atoms with Crippen molar-refractivity contribution >= 4 is 11.6 Å². The third-order valence-corrected chi connectivity index (χ3v) is 2.86. The molecule has 0 heterocycles. The number of benzene rings is 1. The lowest BCUT2D eigenvalue weighted by Crippen LogP contribution is -2.28. The molecule has 0 aliphatic heterocycles. The minimum Gasteiger partial charge on any atom is -0.391 e. The molecule has 0 unspecified atom stereocenters. The van der Waals surface area contributed by atoms with Crippen LogP contribution in [0.2, 0.25) is 5.02 Å². The monoisotopic (exact) mass is 263 g/mol. The van der Waals surface area contributed by atoms with Crippen LogP contribution in [0.4, 0.5) is 8.78 Å². The molecule has 1 aromatic carbocycles. The summed E-state index contributed by atoms with van der Waals surface area (Å²) < 4.78 is 27.1. The van der Waals surface area contributed by atoms with E-state index in [9.17, 15) is 13.9 Å². The molecular formula is C12H16ClF2NO. The van der Waals surface area contributed by atoms with Crippen LogP contribution in [0.5, 0.6) is 0 Å². The van der Waals surface area contributed by atoms with Crippen LogP contribution in [0.15, 0.2) is 12.1 Å². The second kappa shape index (κ2) is 6.28. The molecule has 0 saturated heterocycles. The van der Waals surface area contributed by atoms with Crippen molar-refractivity contribution in [2.75, 3.05) is 0 Å². The van der Waals surface area contributed by atoms with Gasteiger partial charge in [-0.15, -0.1) is 0 Å². The van der Waals surface area contributed by atoms with Crippen molar-refractivity contribution in [1.82, 2.24) is 0 Å². The summed E-state index contributed by atoms with van der Waals surface area (Å²) >= 11 is 5.51. The summed E-state index contributed by atoms with van der Waals surface area (Å²) in [5.74, 6) is -1.64. The van der Waals surface area contributed by atoms with Crippen LogP contribution in [0.25, 0.3) is 0 Å². The van der Waals surface area contributed by atoms with E-state index in [0.717, 1.165) is 25.0 Å². The predicted molar refractivity (Wildman–Crippen MR) is 63.8 cm³/mol. The Morgan fingerprint density at radius 2 is 1.88 bits per heavy atom. The van der Waals surface area contributed by atoms with E-state index in [4.69, 9.17) is 17.3 Å². The number of nitrogens with two attached hydrogens (primary N) is 1. The molecule has 0 saturated carbocycles. The van der Waals surface area contributed by atoms with Gasteiger partial charge in [0.1, 0.15) is 11.6 Å². The lowest BCUT2D eigenvalue weighted by Gasteiger charge is -2.20. The Balaban J connectivity index is 2.91. The lowest BCUT2D eigenvalue weighted by atomic mass is 9.97. The van der Waals surface area contributed by atoms with Gasteiger partial charge in [-0.05, 0) is 18.6 Å². The highest BCUT2D eigenvalue weighted by Gasteiger charge is 2.23. The number of aliphatic hydroxyl groups excluding tert-OH is 1. The zero-order chi connectivity index (χ0) is 13.0. The van der Waals surface area contributed by atoms with Gasteiger partial charge in [-0.2, -0.15) is 0 Å². The number of aliphatic hydroxyl groups is 1. The second-order valence-corrected chi connectivity index (χ2v) is 4.45. The maximum atomic E-state index is 13.5. The van der Waals surface area contributed by atoms with E-state index in [0.29, 0.717) is 6.42 Å².